The number of aliphatic carboxylic acids is 1. The molecule has 38 heavy (non-hydrogen) atoms. The van der Waals surface area contributed by atoms with Gasteiger partial charge in [-0.15, -0.1) is 12.4 Å². The van der Waals surface area contributed by atoms with Gasteiger partial charge in [0.25, 0.3) is 0 Å². The van der Waals surface area contributed by atoms with Crippen molar-refractivity contribution in [3.05, 3.63) is 58.4 Å². The fourth-order valence-electron chi connectivity index (χ4n) is 4.44. The van der Waals surface area contributed by atoms with Gasteiger partial charge in [0.05, 0.1) is 23.7 Å². The number of hydrogen-bond donors (Lipinski definition) is 1. The second-order valence-corrected chi connectivity index (χ2v) is 8.87. The summed E-state index contributed by atoms with van der Waals surface area (Å²) in [6, 6.07) is 6.35. The predicted octanol–water partition coefficient (Wildman–Crippen LogP) is 6.45. The maximum atomic E-state index is 14.9. The molecule has 0 bridgehead atoms. The summed E-state index contributed by atoms with van der Waals surface area (Å²) >= 11 is 0. The van der Waals surface area contributed by atoms with E-state index >= 15 is 0 Å². The van der Waals surface area contributed by atoms with Crippen LogP contribution in [0.25, 0.3) is 6.08 Å². The number of likely N-dealkylation sites (tertiary alicyclic amines) is 1. The number of fused-ring (bicyclic) bond motifs is 1. The Kier molecular flexibility index (Phi) is 10.8. The zero-order chi connectivity index (χ0) is 25.9. The molecular weight excluding hydrogens is 530 g/mol. The third-order valence-corrected chi connectivity index (χ3v) is 6.16. The van der Waals surface area contributed by atoms with Crippen molar-refractivity contribution in [2.75, 3.05) is 32.8 Å². The number of carboxylic acids is 1. The van der Waals surface area contributed by atoms with Crippen LogP contribution in [0.3, 0.4) is 0 Å². The van der Waals surface area contributed by atoms with E-state index in [-0.39, 0.29) is 68.0 Å². The minimum atomic E-state index is -4.58. The number of nitrogens with zero attached hydrogens (tertiary/aromatic N) is 1. The molecule has 6 nitrogen and oxygen atoms in total. The first kappa shape index (κ1) is 31.2. The molecule has 1 fully saturated rings. The summed E-state index contributed by atoms with van der Waals surface area (Å²) in [4.78, 5) is 13.3. The third-order valence-electron chi connectivity index (χ3n) is 6.16. The average Bonchev–Trinajstić information content (AvgIpc) is 2.83. The van der Waals surface area contributed by atoms with Gasteiger partial charge in [-0.25, -0.2) is 4.39 Å². The van der Waals surface area contributed by atoms with Crippen LogP contribution in [-0.2, 0) is 17.6 Å². The maximum absolute atomic E-state index is 14.9. The molecule has 0 radical (unpaired) electrons. The second kappa shape index (κ2) is 13.2. The Balaban J connectivity index is 0.00000253. The molecule has 2 aliphatic heterocycles. The summed E-state index contributed by atoms with van der Waals surface area (Å²) in [6.45, 7) is 3.42. The molecular formula is C27H32ClF4NO5. The molecule has 1 saturated heterocycles. The van der Waals surface area contributed by atoms with Gasteiger partial charge in [0.1, 0.15) is 36.3 Å². The number of piperidine rings is 1. The summed E-state index contributed by atoms with van der Waals surface area (Å²) in [7, 11) is 0. The molecule has 0 aliphatic carbocycles. The van der Waals surface area contributed by atoms with Gasteiger partial charge in [0.2, 0.25) is 0 Å². The normalized spacial score (nSPS) is 17.2. The fraction of sp³-hybridized carbons (Fsp3) is 0.444. The Hall–Kier alpha value is -2.98. The minimum absolute atomic E-state index is 0. The summed E-state index contributed by atoms with van der Waals surface area (Å²) in [6.07, 6.45) is -1.45. The predicted molar refractivity (Wildman–Crippen MR) is 138 cm³/mol. The fourth-order valence-corrected chi connectivity index (χ4v) is 4.44. The van der Waals surface area contributed by atoms with Gasteiger partial charge in [-0.3, -0.25) is 9.69 Å². The molecule has 2 aromatic rings. The van der Waals surface area contributed by atoms with Crippen LogP contribution in [0.5, 0.6) is 17.2 Å². The lowest BCUT2D eigenvalue weighted by Crippen LogP contribution is -2.40. The molecule has 2 aliphatic rings. The van der Waals surface area contributed by atoms with Crippen LogP contribution < -0.4 is 14.2 Å². The van der Waals surface area contributed by atoms with Gasteiger partial charge < -0.3 is 19.3 Å². The molecule has 0 spiro atoms. The lowest BCUT2D eigenvalue weighted by molar-refractivity contribution is -0.143. The van der Waals surface area contributed by atoms with Crippen LogP contribution in [0.2, 0.25) is 0 Å². The Morgan fingerprint density at radius 2 is 1.97 bits per heavy atom. The number of carbonyl (C=O) groups is 1. The van der Waals surface area contributed by atoms with E-state index in [0.29, 0.717) is 19.5 Å². The van der Waals surface area contributed by atoms with Crippen molar-refractivity contribution in [2.45, 2.75) is 40.0 Å². The first-order chi connectivity index (χ1) is 17.1. The van der Waals surface area contributed by atoms with Gasteiger partial charge in [-0.1, -0.05) is 13.5 Å². The highest BCUT2D eigenvalue weighted by Crippen LogP contribution is 2.38. The van der Waals surface area contributed by atoms with Crippen molar-refractivity contribution in [1.29, 1.82) is 0 Å². The molecule has 11 heteroatoms. The number of benzene rings is 2. The molecule has 0 aromatic heterocycles. The number of halogens is 5. The maximum Gasteiger partial charge on any atom is 0.419 e. The number of alkyl halides is 3. The van der Waals surface area contributed by atoms with Crippen LogP contribution in [0, 0.1) is 11.7 Å². The van der Waals surface area contributed by atoms with Gasteiger partial charge in [-0.05, 0) is 55.7 Å². The van der Waals surface area contributed by atoms with Gasteiger partial charge >= 0.3 is 12.1 Å². The molecule has 4 rings (SSSR count). The number of hydrogen-bond acceptors (Lipinski definition) is 5. The van der Waals surface area contributed by atoms with Crippen LogP contribution >= 0.6 is 12.4 Å². The Morgan fingerprint density at radius 3 is 2.66 bits per heavy atom. The van der Waals surface area contributed by atoms with E-state index in [4.69, 9.17) is 14.2 Å². The van der Waals surface area contributed by atoms with Crippen LogP contribution in [0.15, 0.2) is 35.9 Å². The standard InChI is InChI=1S/C26H27F4NO5.CH4.ClH/c1-2-34-23-6-5-16(9-21(23)26(28,29)30)14-35-19-10-22(27)20-8-17(15-36-24(20)11-19)12-31-7-3-4-18(13-31)25(32)33;;/h5-6,8-11,18H,2-4,7,12-15H2,1H3,(H,32,33);1H4;1H/t18-;;/m0../s1. The number of ether oxygens (including phenoxy) is 3. The first-order valence-corrected chi connectivity index (χ1v) is 11.7. The Labute approximate surface area is 225 Å². The lowest BCUT2D eigenvalue weighted by atomic mass is 9.97. The van der Waals surface area contributed by atoms with Gasteiger partial charge in [0.15, 0.2) is 0 Å². The molecule has 1 N–H and O–H groups in total. The van der Waals surface area contributed by atoms with E-state index in [9.17, 15) is 27.5 Å². The monoisotopic (exact) mass is 561 g/mol. The largest absolute Gasteiger partial charge is 0.493 e. The van der Waals surface area contributed by atoms with Crippen molar-refractivity contribution in [1.82, 2.24) is 4.90 Å². The van der Waals surface area contributed by atoms with Crippen molar-refractivity contribution in [3.8, 4) is 17.2 Å². The zero-order valence-electron chi connectivity index (χ0n) is 20.1. The number of rotatable bonds is 8. The average molecular weight is 562 g/mol. The van der Waals surface area contributed by atoms with E-state index < -0.39 is 29.4 Å². The van der Waals surface area contributed by atoms with Crippen LogP contribution in [0.4, 0.5) is 17.6 Å². The van der Waals surface area contributed by atoms with E-state index in [0.717, 1.165) is 24.6 Å². The zero-order valence-corrected chi connectivity index (χ0v) is 21.0. The van der Waals surface area contributed by atoms with Crippen LogP contribution in [-0.4, -0.2) is 48.8 Å². The highest BCUT2D eigenvalue weighted by molar-refractivity contribution is 5.85. The molecule has 2 heterocycles. The summed E-state index contributed by atoms with van der Waals surface area (Å²) < 4.78 is 71.4. The quantitative estimate of drug-likeness (QED) is 0.374. The van der Waals surface area contributed by atoms with Crippen molar-refractivity contribution in [3.63, 3.8) is 0 Å². The topological polar surface area (TPSA) is 68.2 Å². The smallest absolute Gasteiger partial charge is 0.419 e. The summed E-state index contributed by atoms with van der Waals surface area (Å²) in [5.74, 6) is -1.64. The first-order valence-electron chi connectivity index (χ1n) is 11.7. The van der Waals surface area contributed by atoms with E-state index in [1.807, 2.05) is 4.90 Å². The second-order valence-electron chi connectivity index (χ2n) is 8.87. The lowest BCUT2D eigenvalue weighted by Gasteiger charge is -2.32. The van der Waals surface area contributed by atoms with Crippen molar-refractivity contribution in [2.24, 2.45) is 5.92 Å². The van der Waals surface area contributed by atoms with E-state index in [1.165, 1.54) is 24.3 Å². The summed E-state index contributed by atoms with van der Waals surface area (Å²) in [5.41, 5.74) is 0.450. The molecule has 1 atom stereocenters. The highest BCUT2D eigenvalue weighted by atomic mass is 35.5. The third kappa shape index (κ3) is 7.54. The van der Waals surface area contributed by atoms with E-state index in [1.54, 1.807) is 13.0 Å². The Morgan fingerprint density at radius 1 is 1.21 bits per heavy atom. The number of carboxylic acid groups (broad SMARTS) is 1. The summed E-state index contributed by atoms with van der Waals surface area (Å²) in [5, 5.41) is 9.27. The van der Waals surface area contributed by atoms with Crippen LogP contribution in [0.1, 0.15) is 43.9 Å². The van der Waals surface area contributed by atoms with Gasteiger partial charge in [-0.2, -0.15) is 13.2 Å². The molecule has 0 unspecified atom stereocenters. The van der Waals surface area contributed by atoms with Gasteiger partial charge in [0, 0.05) is 25.2 Å². The molecule has 0 amide bonds. The van der Waals surface area contributed by atoms with E-state index in [2.05, 4.69) is 0 Å². The molecule has 2 aromatic carbocycles. The Bertz CT molecular complexity index is 1160. The highest BCUT2D eigenvalue weighted by Gasteiger charge is 2.34. The minimum Gasteiger partial charge on any atom is -0.493 e. The van der Waals surface area contributed by atoms with Crippen molar-refractivity contribution >= 4 is 24.5 Å². The van der Waals surface area contributed by atoms with Crippen molar-refractivity contribution < 1.29 is 41.7 Å². The molecule has 0 saturated carbocycles. The molecule has 210 valence electrons. The SMILES string of the molecule is C.CCOc1ccc(COc2cc(F)c3c(c2)OCC(CN2CCC[C@H](C(=O)O)C2)=C3)cc1C(F)(F)F.Cl.